The van der Waals surface area contributed by atoms with Crippen molar-refractivity contribution >= 4 is 33.2 Å². The molecule has 2 amide bonds. The van der Waals surface area contributed by atoms with Crippen molar-refractivity contribution in [2.75, 3.05) is 10.6 Å². The second-order valence-electron chi connectivity index (χ2n) is 6.85. The van der Waals surface area contributed by atoms with Crippen molar-refractivity contribution in [1.29, 1.82) is 0 Å². The van der Waals surface area contributed by atoms with E-state index in [2.05, 4.69) is 15.6 Å². The molecule has 31 heavy (non-hydrogen) atoms. The molecule has 0 bridgehead atoms. The minimum atomic E-state index is -3.91. The number of hydrogen-bond acceptors (Lipinski definition) is 5. The van der Waals surface area contributed by atoms with Gasteiger partial charge in [-0.1, -0.05) is 19.1 Å². The summed E-state index contributed by atoms with van der Waals surface area (Å²) in [4.78, 5) is 28.7. The summed E-state index contributed by atoms with van der Waals surface area (Å²) in [5.74, 6) is -0.640. The van der Waals surface area contributed by atoms with E-state index in [0.717, 1.165) is 0 Å². The number of aryl methyl sites for hydroxylation is 2. The van der Waals surface area contributed by atoms with Crippen LogP contribution in [0.3, 0.4) is 0 Å². The maximum atomic E-state index is 12.6. The molecule has 0 radical (unpaired) electrons. The van der Waals surface area contributed by atoms with Crippen LogP contribution in [0.1, 0.15) is 29.3 Å². The molecule has 0 aliphatic rings. The van der Waals surface area contributed by atoms with Crippen molar-refractivity contribution in [2.45, 2.75) is 31.2 Å². The molecular weight excluding hydrogens is 418 g/mol. The lowest BCUT2D eigenvalue weighted by Crippen LogP contribution is -2.17. The van der Waals surface area contributed by atoms with Gasteiger partial charge < -0.3 is 15.2 Å². The standard InChI is InChI=1S/C21H23N5O4S/c1-2-15-6-7-18(13-19(15)31(22,29)30)25-21(28)16-4-3-5-17(12-16)24-20(27)8-10-26-11-9-23-14-26/h3-7,9,11-14H,2,8,10H2,1H3,(H,24,27)(H,25,28)(H2,22,29,30). The molecule has 1 aromatic heterocycles. The minimum Gasteiger partial charge on any atom is -0.337 e. The van der Waals surface area contributed by atoms with E-state index in [4.69, 9.17) is 5.14 Å². The van der Waals surface area contributed by atoms with E-state index >= 15 is 0 Å². The number of nitrogens with two attached hydrogens (primary N) is 1. The van der Waals surface area contributed by atoms with Gasteiger partial charge >= 0.3 is 0 Å². The smallest absolute Gasteiger partial charge is 0.255 e. The highest BCUT2D eigenvalue weighted by Crippen LogP contribution is 2.21. The van der Waals surface area contributed by atoms with Crippen LogP contribution in [0.5, 0.6) is 0 Å². The van der Waals surface area contributed by atoms with Gasteiger partial charge in [-0.3, -0.25) is 9.59 Å². The Labute approximate surface area is 180 Å². The van der Waals surface area contributed by atoms with Gasteiger partial charge in [0.05, 0.1) is 11.2 Å². The van der Waals surface area contributed by atoms with Crippen LogP contribution in [0.2, 0.25) is 0 Å². The number of nitrogens with zero attached hydrogens (tertiary/aromatic N) is 2. The molecule has 0 saturated carbocycles. The number of benzene rings is 2. The zero-order chi connectivity index (χ0) is 22.4. The summed E-state index contributed by atoms with van der Waals surface area (Å²) in [7, 11) is -3.91. The number of anilines is 2. The van der Waals surface area contributed by atoms with Crippen molar-refractivity contribution in [2.24, 2.45) is 5.14 Å². The van der Waals surface area contributed by atoms with Gasteiger partial charge in [0.1, 0.15) is 0 Å². The maximum Gasteiger partial charge on any atom is 0.255 e. The molecule has 1 heterocycles. The molecule has 0 unspecified atom stereocenters. The van der Waals surface area contributed by atoms with Gasteiger partial charge in [-0.05, 0) is 42.3 Å². The summed E-state index contributed by atoms with van der Waals surface area (Å²) >= 11 is 0. The third-order valence-electron chi connectivity index (χ3n) is 4.58. The van der Waals surface area contributed by atoms with E-state index in [0.29, 0.717) is 35.5 Å². The van der Waals surface area contributed by atoms with E-state index in [9.17, 15) is 18.0 Å². The summed E-state index contributed by atoms with van der Waals surface area (Å²) in [6.45, 7) is 2.31. The van der Waals surface area contributed by atoms with Crippen LogP contribution in [-0.4, -0.2) is 29.8 Å². The molecule has 3 rings (SSSR count). The zero-order valence-corrected chi connectivity index (χ0v) is 17.7. The number of primary sulfonamides is 1. The fourth-order valence-corrected chi connectivity index (χ4v) is 3.87. The predicted octanol–water partition coefficient (Wildman–Crippen LogP) is 2.37. The Hall–Kier alpha value is -3.50. The Morgan fingerprint density at radius 2 is 1.87 bits per heavy atom. The van der Waals surface area contributed by atoms with E-state index in [-0.39, 0.29) is 17.2 Å². The second kappa shape index (κ2) is 9.54. The second-order valence-corrected chi connectivity index (χ2v) is 8.38. The third-order valence-corrected chi connectivity index (χ3v) is 5.57. The van der Waals surface area contributed by atoms with Gasteiger partial charge in [0.2, 0.25) is 15.9 Å². The van der Waals surface area contributed by atoms with E-state index in [1.165, 1.54) is 6.07 Å². The van der Waals surface area contributed by atoms with Crippen LogP contribution < -0.4 is 15.8 Å². The van der Waals surface area contributed by atoms with Crippen molar-refractivity contribution < 1.29 is 18.0 Å². The molecule has 0 spiro atoms. The number of hydrogen-bond donors (Lipinski definition) is 3. The predicted molar refractivity (Wildman–Crippen MR) is 117 cm³/mol. The van der Waals surface area contributed by atoms with Gasteiger partial charge in [0.15, 0.2) is 0 Å². The van der Waals surface area contributed by atoms with Gasteiger partial charge in [0.25, 0.3) is 5.91 Å². The largest absolute Gasteiger partial charge is 0.337 e. The molecule has 0 aliphatic carbocycles. The summed E-state index contributed by atoms with van der Waals surface area (Å²) < 4.78 is 25.4. The lowest BCUT2D eigenvalue weighted by Gasteiger charge is -2.11. The van der Waals surface area contributed by atoms with Crippen LogP contribution in [0.15, 0.2) is 66.1 Å². The van der Waals surface area contributed by atoms with Crippen molar-refractivity contribution in [3.05, 3.63) is 72.3 Å². The van der Waals surface area contributed by atoms with Crippen LogP contribution in [-0.2, 0) is 27.8 Å². The minimum absolute atomic E-state index is 0.0216. The zero-order valence-electron chi connectivity index (χ0n) is 16.9. The molecule has 0 fully saturated rings. The normalized spacial score (nSPS) is 11.2. The monoisotopic (exact) mass is 441 g/mol. The third kappa shape index (κ3) is 6.00. The number of sulfonamides is 1. The fourth-order valence-electron chi connectivity index (χ4n) is 3.00. The van der Waals surface area contributed by atoms with Crippen LogP contribution in [0.4, 0.5) is 11.4 Å². The molecule has 9 nitrogen and oxygen atoms in total. The molecular formula is C21H23N5O4S. The van der Waals surface area contributed by atoms with Gasteiger partial charge in [-0.25, -0.2) is 18.5 Å². The Morgan fingerprint density at radius 1 is 1.10 bits per heavy atom. The Balaban J connectivity index is 1.68. The summed E-state index contributed by atoms with van der Waals surface area (Å²) in [6.07, 6.45) is 5.79. The number of carbonyl (C=O) groups excluding carboxylic acids is 2. The number of imidazole rings is 1. The number of aromatic nitrogens is 2. The highest BCUT2D eigenvalue weighted by molar-refractivity contribution is 7.89. The summed E-state index contributed by atoms with van der Waals surface area (Å²) in [5, 5.41) is 10.7. The van der Waals surface area contributed by atoms with Crippen LogP contribution in [0.25, 0.3) is 0 Å². The van der Waals surface area contributed by atoms with Gasteiger partial charge in [-0.15, -0.1) is 0 Å². The average molecular weight is 442 g/mol. The van der Waals surface area contributed by atoms with Crippen molar-refractivity contribution in [3.63, 3.8) is 0 Å². The molecule has 2 aromatic carbocycles. The Bertz CT molecular complexity index is 1190. The first-order chi connectivity index (χ1) is 14.8. The molecule has 0 atom stereocenters. The van der Waals surface area contributed by atoms with Crippen LogP contribution in [0, 0.1) is 0 Å². The van der Waals surface area contributed by atoms with Crippen molar-refractivity contribution in [3.8, 4) is 0 Å². The van der Waals surface area contributed by atoms with Gasteiger partial charge in [0, 0.05) is 42.3 Å². The summed E-state index contributed by atoms with van der Waals surface area (Å²) in [6, 6.07) is 11.0. The molecule has 10 heteroatoms. The lowest BCUT2D eigenvalue weighted by atomic mass is 10.1. The van der Waals surface area contributed by atoms with Crippen molar-refractivity contribution in [1.82, 2.24) is 9.55 Å². The first kappa shape index (κ1) is 22.2. The first-order valence-electron chi connectivity index (χ1n) is 9.59. The molecule has 0 saturated heterocycles. The topological polar surface area (TPSA) is 136 Å². The lowest BCUT2D eigenvalue weighted by molar-refractivity contribution is -0.116. The Morgan fingerprint density at radius 3 is 2.55 bits per heavy atom. The molecule has 3 aromatic rings. The molecule has 4 N–H and O–H groups in total. The number of carbonyl (C=O) groups is 2. The quantitative estimate of drug-likeness (QED) is 0.493. The highest BCUT2D eigenvalue weighted by atomic mass is 32.2. The first-order valence-corrected chi connectivity index (χ1v) is 11.1. The SMILES string of the molecule is CCc1ccc(NC(=O)c2cccc(NC(=O)CCn3ccnc3)c2)cc1S(N)(=O)=O. The summed E-state index contributed by atoms with van der Waals surface area (Å²) in [5.41, 5.74) is 1.67. The van der Waals surface area contributed by atoms with Crippen LogP contribution >= 0.6 is 0 Å². The molecule has 162 valence electrons. The van der Waals surface area contributed by atoms with E-state index in [1.54, 1.807) is 59.7 Å². The average Bonchev–Trinajstić information content (AvgIpc) is 3.25. The number of rotatable bonds is 8. The van der Waals surface area contributed by atoms with E-state index < -0.39 is 15.9 Å². The highest BCUT2D eigenvalue weighted by Gasteiger charge is 2.15. The fraction of sp³-hybridized carbons (Fsp3) is 0.190. The Kier molecular flexibility index (Phi) is 6.83. The number of nitrogens with one attached hydrogen (secondary N) is 2. The number of amides is 2. The molecule has 0 aliphatic heterocycles. The van der Waals surface area contributed by atoms with E-state index in [1.807, 2.05) is 6.92 Å². The van der Waals surface area contributed by atoms with Gasteiger partial charge in [-0.2, -0.15) is 0 Å². The maximum absolute atomic E-state index is 12.6.